The van der Waals surface area contributed by atoms with Crippen LogP contribution in [0.5, 0.6) is 0 Å². The van der Waals surface area contributed by atoms with E-state index < -0.39 is 18.0 Å². The lowest BCUT2D eigenvalue weighted by atomic mass is 10.3. The number of nitrogens with one attached hydrogen (secondary N) is 1. The van der Waals surface area contributed by atoms with Crippen molar-refractivity contribution in [3.8, 4) is 0 Å². The maximum atomic E-state index is 11.9. The molecule has 0 saturated heterocycles. The van der Waals surface area contributed by atoms with Gasteiger partial charge in [0.25, 0.3) is 5.91 Å². The Bertz CT molecular complexity index is 632. The molecule has 0 bridgehead atoms. The summed E-state index contributed by atoms with van der Waals surface area (Å²) in [4.78, 5) is 23.5. The van der Waals surface area contributed by atoms with E-state index in [0.29, 0.717) is 10.7 Å². The molecule has 0 aliphatic heterocycles. The molecule has 1 heterocycles. The Morgan fingerprint density at radius 2 is 2.19 bits per heavy atom. The van der Waals surface area contributed by atoms with Crippen LogP contribution in [-0.4, -0.2) is 38.2 Å². The molecular weight excluding hydrogens is 298 g/mol. The highest BCUT2D eigenvalue weighted by Crippen LogP contribution is 2.20. The van der Waals surface area contributed by atoms with Gasteiger partial charge in [0.1, 0.15) is 12.9 Å². The average molecular weight is 310 g/mol. The van der Waals surface area contributed by atoms with Gasteiger partial charge in [0.2, 0.25) is 0 Å². The van der Waals surface area contributed by atoms with Crippen molar-refractivity contribution in [3.63, 3.8) is 0 Å². The highest BCUT2D eigenvalue weighted by Gasteiger charge is 2.19. The molecule has 1 aromatic carbocycles. The van der Waals surface area contributed by atoms with Crippen LogP contribution in [0.1, 0.15) is 6.92 Å². The monoisotopic (exact) mass is 309 g/mol. The molecule has 1 amide bonds. The van der Waals surface area contributed by atoms with E-state index in [0.717, 1.165) is 0 Å². The summed E-state index contributed by atoms with van der Waals surface area (Å²) >= 11 is 5.93. The Morgan fingerprint density at radius 1 is 1.43 bits per heavy atom. The number of amides is 1. The zero-order chi connectivity index (χ0) is 15.2. The van der Waals surface area contributed by atoms with Gasteiger partial charge >= 0.3 is 5.97 Å². The molecule has 0 unspecified atom stereocenters. The van der Waals surface area contributed by atoms with Gasteiger partial charge in [-0.2, -0.15) is 0 Å². The van der Waals surface area contributed by atoms with E-state index in [1.54, 1.807) is 24.3 Å². The summed E-state index contributed by atoms with van der Waals surface area (Å²) in [6.45, 7) is 1.29. The van der Waals surface area contributed by atoms with Gasteiger partial charge in [0.15, 0.2) is 6.10 Å². The molecule has 1 atom stereocenters. The molecule has 2 aromatic rings. The fraction of sp³-hybridized carbons (Fsp3) is 0.250. The number of carbonyl (C=O) groups is 2. The van der Waals surface area contributed by atoms with Crippen molar-refractivity contribution in [2.75, 3.05) is 5.32 Å². The largest absolute Gasteiger partial charge is 0.451 e. The molecule has 110 valence electrons. The molecule has 0 aliphatic rings. The van der Waals surface area contributed by atoms with E-state index in [9.17, 15) is 9.59 Å². The molecule has 0 fully saturated rings. The minimum absolute atomic E-state index is 0.170. The number of para-hydroxylation sites is 1. The lowest BCUT2D eigenvalue weighted by molar-refractivity contribution is -0.153. The fourth-order valence-corrected chi connectivity index (χ4v) is 1.65. The Hall–Kier alpha value is -2.48. The molecule has 21 heavy (non-hydrogen) atoms. The first kappa shape index (κ1) is 14.9. The number of esters is 1. The fourth-order valence-electron chi connectivity index (χ4n) is 1.47. The third-order valence-electron chi connectivity index (χ3n) is 2.49. The quantitative estimate of drug-likeness (QED) is 0.824. The van der Waals surface area contributed by atoms with Crippen molar-refractivity contribution < 1.29 is 14.3 Å². The molecule has 1 N–H and O–H groups in total. The van der Waals surface area contributed by atoms with E-state index in [2.05, 4.69) is 20.8 Å². The molecule has 2 rings (SSSR count). The topological polar surface area (TPSA) is 99.0 Å². The maximum Gasteiger partial charge on any atom is 0.328 e. The number of ether oxygens (including phenoxy) is 1. The second-order valence-corrected chi connectivity index (χ2v) is 4.52. The van der Waals surface area contributed by atoms with Crippen molar-refractivity contribution in [3.05, 3.63) is 35.6 Å². The summed E-state index contributed by atoms with van der Waals surface area (Å²) in [7, 11) is 0. The molecule has 8 nitrogen and oxygen atoms in total. The molecule has 0 saturated carbocycles. The Balaban J connectivity index is 1.88. The minimum Gasteiger partial charge on any atom is -0.451 e. The molecule has 1 aromatic heterocycles. The third-order valence-corrected chi connectivity index (χ3v) is 2.82. The number of tetrazole rings is 1. The summed E-state index contributed by atoms with van der Waals surface area (Å²) in [5.74, 6) is -1.10. The van der Waals surface area contributed by atoms with E-state index in [1.165, 1.54) is 17.9 Å². The van der Waals surface area contributed by atoms with Gasteiger partial charge in [-0.1, -0.05) is 23.7 Å². The summed E-state index contributed by atoms with van der Waals surface area (Å²) in [6.07, 6.45) is 0.306. The number of benzene rings is 1. The number of hydrogen-bond acceptors (Lipinski definition) is 6. The second-order valence-electron chi connectivity index (χ2n) is 4.11. The van der Waals surface area contributed by atoms with Gasteiger partial charge in [0.05, 0.1) is 10.7 Å². The average Bonchev–Trinajstić information content (AvgIpc) is 2.93. The van der Waals surface area contributed by atoms with Crippen molar-refractivity contribution in [2.45, 2.75) is 19.6 Å². The van der Waals surface area contributed by atoms with Crippen LogP contribution in [0.4, 0.5) is 5.69 Å². The van der Waals surface area contributed by atoms with Crippen LogP contribution in [0.25, 0.3) is 0 Å². The summed E-state index contributed by atoms with van der Waals surface area (Å²) < 4.78 is 6.18. The molecule has 0 aliphatic carbocycles. The summed E-state index contributed by atoms with van der Waals surface area (Å²) in [5.41, 5.74) is 0.451. The summed E-state index contributed by atoms with van der Waals surface area (Å²) in [5, 5.41) is 13.3. The van der Waals surface area contributed by atoms with Crippen molar-refractivity contribution in [2.24, 2.45) is 0 Å². The molecule has 0 radical (unpaired) electrons. The number of carbonyl (C=O) groups excluding carboxylic acids is 2. The number of anilines is 1. The van der Waals surface area contributed by atoms with Gasteiger partial charge in [-0.05, 0) is 29.5 Å². The van der Waals surface area contributed by atoms with Crippen molar-refractivity contribution >= 4 is 29.2 Å². The van der Waals surface area contributed by atoms with Crippen LogP contribution in [0.3, 0.4) is 0 Å². The van der Waals surface area contributed by atoms with Gasteiger partial charge in [-0.15, -0.1) is 5.10 Å². The number of aromatic nitrogens is 4. The first-order valence-electron chi connectivity index (χ1n) is 6.02. The smallest absolute Gasteiger partial charge is 0.328 e. The first-order valence-corrected chi connectivity index (χ1v) is 6.39. The molecule has 0 spiro atoms. The van der Waals surface area contributed by atoms with E-state index >= 15 is 0 Å². The highest BCUT2D eigenvalue weighted by atomic mass is 35.5. The number of hydrogen-bond donors (Lipinski definition) is 1. The van der Waals surface area contributed by atoms with Crippen LogP contribution < -0.4 is 5.32 Å². The lowest BCUT2D eigenvalue weighted by Crippen LogP contribution is -2.31. The van der Waals surface area contributed by atoms with Crippen LogP contribution in [0, 0.1) is 0 Å². The van der Waals surface area contributed by atoms with Crippen molar-refractivity contribution in [1.82, 2.24) is 20.2 Å². The minimum atomic E-state index is -0.967. The Morgan fingerprint density at radius 3 is 2.86 bits per heavy atom. The van der Waals surface area contributed by atoms with Gasteiger partial charge in [-0.25, -0.2) is 4.68 Å². The predicted molar refractivity (Wildman–Crippen MR) is 73.5 cm³/mol. The van der Waals surface area contributed by atoms with E-state index in [1.807, 2.05) is 0 Å². The maximum absolute atomic E-state index is 11.9. The third kappa shape index (κ3) is 4.25. The normalized spacial score (nSPS) is 11.7. The van der Waals surface area contributed by atoms with E-state index in [4.69, 9.17) is 16.3 Å². The van der Waals surface area contributed by atoms with Crippen LogP contribution in [0.2, 0.25) is 5.02 Å². The molecule has 9 heteroatoms. The van der Waals surface area contributed by atoms with Crippen LogP contribution >= 0.6 is 11.6 Å². The number of rotatable bonds is 5. The number of nitrogens with zero attached hydrogens (tertiary/aromatic N) is 4. The van der Waals surface area contributed by atoms with Crippen LogP contribution in [-0.2, 0) is 20.9 Å². The highest BCUT2D eigenvalue weighted by molar-refractivity contribution is 6.33. The van der Waals surface area contributed by atoms with E-state index in [-0.39, 0.29) is 6.54 Å². The lowest BCUT2D eigenvalue weighted by Gasteiger charge is -2.14. The second kappa shape index (κ2) is 6.80. The zero-order valence-corrected chi connectivity index (χ0v) is 11.8. The zero-order valence-electron chi connectivity index (χ0n) is 11.1. The number of halogens is 1. The Kier molecular flexibility index (Phi) is 4.83. The SMILES string of the molecule is C[C@@H](OC(=O)Cn1cnnn1)C(=O)Nc1ccccc1Cl. The molecular formula is C12H12ClN5O3. The van der Waals surface area contributed by atoms with Crippen LogP contribution in [0.15, 0.2) is 30.6 Å². The standard InChI is InChI=1S/C12H12ClN5O3/c1-8(21-11(19)6-18-7-14-16-17-18)12(20)15-10-5-3-2-4-9(10)13/h2-5,7-8H,6H2,1H3,(H,15,20)/t8-/m1/s1. The summed E-state index contributed by atoms with van der Waals surface area (Å²) in [6, 6.07) is 6.77. The van der Waals surface area contributed by atoms with Crippen molar-refractivity contribution in [1.29, 1.82) is 0 Å². The Labute approximate surface area is 125 Å². The first-order chi connectivity index (χ1) is 10.1. The van der Waals surface area contributed by atoms with Gasteiger partial charge < -0.3 is 10.1 Å². The van der Waals surface area contributed by atoms with Gasteiger partial charge in [-0.3, -0.25) is 9.59 Å². The predicted octanol–water partition coefficient (Wildman–Crippen LogP) is 0.897. The van der Waals surface area contributed by atoms with Gasteiger partial charge in [0, 0.05) is 0 Å².